The van der Waals surface area contributed by atoms with Crippen molar-refractivity contribution in [3.63, 3.8) is 0 Å². The van der Waals surface area contributed by atoms with Crippen LogP contribution in [0.2, 0.25) is 0 Å². The third-order valence-corrected chi connectivity index (χ3v) is 5.13. The number of nitrogens with one attached hydrogen (secondary N) is 1. The maximum atomic E-state index is 12.3. The number of carbonyl (C=O) groups excluding carboxylic acids is 1. The van der Waals surface area contributed by atoms with E-state index >= 15 is 0 Å². The van der Waals surface area contributed by atoms with Crippen molar-refractivity contribution >= 4 is 17.2 Å². The number of aliphatic hydroxyl groups excluding tert-OH is 1. The lowest BCUT2D eigenvalue weighted by Crippen LogP contribution is -2.22. The van der Waals surface area contributed by atoms with Gasteiger partial charge in [0, 0.05) is 21.4 Å². The average molecular weight is 380 g/mol. The van der Waals surface area contributed by atoms with Crippen LogP contribution in [0, 0.1) is 0 Å². The van der Waals surface area contributed by atoms with Gasteiger partial charge in [-0.15, -0.1) is 11.3 Å². The van der Waals surface area contributed by atoms with Crippen LogP contribution in [0.3, 0.4) is 0 Å². The minimum atomic E-state index is -0.807. The van der Waals surface area contributed by atoms with Crippen molar-refractivity contribution in [2.45, 2.75) is 12.6 Å². The van der Waals surface area contributed by atoms with E-state index in [0.717, 1.165) is 15.3 Å². The molecular weight excluding hydrogens is 364 g/mol. The SMILES string of the molecule is O=C(NCc1ccc([C@@H](O)c2ccco2)s1)c1cc(-c2ccccc2)on1. The molecule has 7 heteroatoms. The summed E-state index contributed by atoms with van der Waals surface area (Å²) in [6.45, 7) is 0.335. The highest BCUT2D eigenvalue weighted by Gasteiger charge is 2.17. The predicted octanol–water partition coefficient (Wildman–Crippen LogP) is 4.01. The van der Waals surface area contributed by atoms with Crippen LogP contribution in [-0.2, 0) is 6.54 Å². The minimum absolute atomic E-state index is 0.223. The Balaban J connectivity index is 1.38. The monoisotopic (exact) mass is 380 g/mol. The molecule has 0 aliphatic heterocycles. The van der Waals surface area contributed by atoms with Crippen LogP contribution in [0.15, 0.2) is 75.9 Å². The van der Waals surface area contributed by atoms with Crippen molar-refractivity contribution < 1.29 is 18.8 Å². The van der Waals surface area contributed by atoms with Gasteiger partial charge in [0.05, 0.1) is 12.8 Å². The van der Waals surface area contributed by atoms with Gasteiger partial charge in [0.15, 0.2) is 11.5 Å². The average Bonchev–Trinajstić information content (AvgIpc) is 3.48. The fourth-order valence-corrected chi connectivity index (χ4v) is 3.55. The zero-order valence-electron chi connectivity index (χ0n) is 14.2. The highest BCUT2D eigenvalue weighted by molar-refractivity contribution is 7.12. The molecule has 4 rings (SSSR count). The first-order valence-corrected chi connectivity index (χ1v) is 9.13. The van der Waals surface area contributed by atoms with Gasteiger partial charge >= 0.3 is 0 Å². The lowest BCUT2D eigenvalue weighted by atomic mass is 10.1. The molecule has 0 aliphatic rings. The molecule has 2 N–H and O–H groups in total. The highest BCUT2D eigenvalue weighted by atomic mass is 32.1. The molecule has 0 radical (unpaired) electrons. The smallest absolute Gasteiger partial charge is 0.273 e. The van der Waals surface area contributed by atoms with E-state index in [-0.39, 0.29) is 11.6 Å². The summed E-state index contributed by atoms with van der Waals surface area (Å²) in [6.07, 6.45) is 0.716. The van der Waals surface area contributed by atoms with Crippen molar-refractivity contribution in [1.29, 1.82) is 0 Å². The van der Waals surface area contributed by atoms with Crippen LogP contribution in [-0.4, -0.2) is 16.2 Å². The van der Waals surface area contributed by atoms with E-state index in [1.54, 1.807) is 18.2 Å². The number of aliphatic hydroxyl groups is 1. The van der Waals surface area contributed by atoms with Gasteiger partial charge in [-0.1, -0.05) is 35.5 Å². The fourth-order valence-electron chi connectivity index (χ4n) is 2.60. The molecule has 1 aromatic carbocycles. The third-order valence-electron chi connectivity index (χ3n) is 3.99. The van der Waals surface area contributed by atoms with Crippen molar-refractivity contribution in [3.8, 4) is 11.3 Å². The molecule has 0 aliphatic carbocycles. The van der Waals surface area contributed by atoms with E-state index in [1.165, 1.54) is 17.6 Å². The van der Waals surface area contributed by atoms with E-state index in [2.05, 4.69) is 10.5 Å². The third kappa shape index (κ3) is 3.84. The molecule has 27 heavy (non-hydrogen) atoms. The Hall–Kier alpha value is -3.16. The van der Waals surface area contributed by atoms with Crippen molar-refractivity contribution in [2.24, 2.45) is 0 Å². The zero-order valence-corrected chi connectivity index (χ0v) is 15.0. The van der Waals surface area contributed by atoms with E-state index in [0.29, 0.717) is 18.1 Å². The molecule has 0 bridgehead atoms. The van der Waals surface area contributed by atoms with Crippen LogP contribution >= 0.6 is 11.3 Å². The molecule has 0 spiro atoms. The summed E-state index contributed by atoms with van der Waals surface area (Å²) in [4.78, 5) is 14.0. The molecule has 0 saturated heterocycles. The molecular formula is C20H16N2O4S. The van der Waals surface area contributed by atoms with Crippen LogP contribution in [0.1, 0.15) is 32.1 Å². The lowest BCUT2D eigenvalue weighted by Gasteiger charge is -2.04. The van der Waals surface area contributed by atoms with Crippen LogP contribution in [0.4, 0.5) is 0 Å². The summed E-state index contributed by atoms with van der Waals surface area (Å²) in [6, 6.07) is 18.2. The van der Waals surface area contributed by atoms with Crippen molar-refractivity contribution in [1.82, 2.24) is 10.5 Å². The van der Waals surface area contributed by atoms with Gasteiger partial charge < -0.3 is 19.4 Å². The molecule has 136 valence electrons. The van der Waals surface area contributed by atoms with E-state index in [1.807, 2.05) is 42.5 Å². The Morgan fingerprint density at radius 2 is 2.00 bits per heavy atom. The maximum Gasteiger partial charge on any atom is 0.273 e. The van der Waals surface area contributed by atoms with Crippen LogP contribution in [0.25, 0.3) is 11.3 Å². The van der Waals surface area contributed by atoms with Gasteiger partial charge in [-0.05, 0) is 24.3 Å². The summed E-state index contributed by atoms with van der Waals surface area (Å²) in [5.41, 5.74) is 1.08. The quantitative estimate of drug-likeness (QED) is 0.528. The Morgan fingerprint density at radius 3 is 2.78 bits per heavy atom. The van der Waals surface area contributed by atoms with Crippen LogP contribution < -0.4 is 5.32 Å². The number of thiophene rings is 1. The lowest BCUT2D eigenvalue weighted by molar-refractivity contribution is 0.0942. The van der Waals surface area contributed by atoms with E-state index in [4.69, 9.17) is 8.94 Å². The molecule has 6 nitrogen and oxygen atoms in total. The Morgan fingerprint density at radius 1 is 1.15 bits per heavy atom. The summed E-state index contributed by atoms with van der Waals surface area (Å²) in [5.74, 6) is 0.715. The number of amides is 1. The zero-order chi connectivity index (χ0) is 18.6. The number of nitrogens with zero attached hydrogens (tertiary/aromatic N) is 1. The topological polar surface area (TPSA) is 88.5 Å². The van der Waals surface area contributed by atoms with Gasteiger partial charge in [0.25, 0.3) is 5.91 Å². The largest absolute Gasteiger partial charge is 0.466 e. The number of hydrogen-bond donors (Lipinski definition) is 2. The molecule has 0 saturated carbocycles. The molecule has 4 aromatic rings. The van der Waals surface area contributed by atoms with E-state index in [9.17, 15) is 9.90 Å². The number of aromatic nitrogens is 1. The van der Waals surface area contributed by atoms with Gasteiger partial charge in [0.1, 0.15) is 11.9 Å². The predicted molar refractivity (Wildman–Crippen MR) is 100 cm³/mol. The molecule has 3 heterocycles. The first-order valence-electron chi connectivity index (χ1n) is 8.31. The second-order valence-corrected chi connectivity index (χ2v) is 7.05. The van der Waals surface area contributed by atoms with Crippen LogP contribution in [0.5, 0.6) is 0 Å². The molecule has 0 fully saturated rings. The van der Waals surface area contributed by atoms with Gasteiger partial charge in [0.2, 0.25) is 0 Å². The number of furan rings is 1. The summed E-state index contributed by atoms with van der Waals surface area (Å²) in [5, 5.41) is 16.9. The first kappa shape index (κ1) is 17.3. The van der Waals surface area contributed by atoms with Gasteiger partial charge in [-0.25, -0.2) is 0 Å². The van der Waals surface area contributed by atoms with Crippen molar-refractivity contribution in [3.05, 3.63) is 88.1 Å². The van der Waals surface area contributed by atoms with Crippen molar-refractivity contribution in [2.75, 3.05) is 0 Å². The number of rotatable bonds is 6. The standard InChI is InChI=1S/C20H16N2O4S/c23-19(16-7-4-10-25-16)18-9-8-14(27-18)12-21-20(24)15-11-17(26-22-15)13-5-2-1-3-6-13/h1-11,19,23H,12H2,(H,21,24)/t19-/m0/s1. The normalized spacial score (nSPS) is 12.0. The Bertz CT molecular complexity index is 1020. The first-order chi connectivity index (χ1) is 13.2. The molecule has 1 atom stereocenters. The van der Waals surface area contributed by atoms with Gasteiger partial charge in [-0.3, -0.25) is 4.79 Å². The second-order valence-electron chi connectivity index (χ2n) is 5.85. The minimum Gasteiger partial charge on any atom is -0.466 e. The summed E-state index contributed by atoms with van der Waals surface area (Å²) in [7, 11) is 0. The Kier molecular flexibility index (Phi) is 4.86. The molecule has 3 aromatic heterocycles. The second kappa shape index (κ2) is 7.61. The number of carbonyl (C=O) groups is 1. The number of hydrogen-bond acceptors (Lipinski definition) is 6. The Labute approximate surface area is 159 Å². The summed E-state index contributed by atoms with van der Waals surface area (Å²) < 4.78 is 10.5. The summed E-state index contributed by atoms with van der Waals surface area (Å²) >= 11 is 1.41. The molecule has 1 amide bonds. The van der Waals surface area contributed by atoms with E-state index < -0.39 is 6.10 Å². The highest BCUT2D eigenvalue weighted by Crippen LogP contribution is 2.28. The van der Waals surface area contributed by atoms with Gasteiger partial charge in [-0.2, -0.15) is 0 Å². The maximum absolute atomic E-state index is 12.3. The molecule has 0 unspecified atom stereocenters. The number of benzene rings is 1. The fraction of sp³-hybridized carbons (Fsp3) is 0.100.